The molecule has 7 nitrogen and oxygen atoms in total. The van der Waals surface area contributed by atoms with E-state index in [0.717, 1.165) is 19.4 Å². The molecule has 0 aliphatic carbocycles. The lowest BCUT2D eigenvalue weighted by Crippen LogP contribution is -2.50. The van der Waals surface area contributed by atoms with Gasteiger partial charge in [0.2, 0.25) is 5.91 Å². The Bertz CT molecular complexity index is 517. The van der Waals surface area contributed by atoms with Crippen molar-refractivity contribution in [3.63, 3.8) is 0 Å². The first-order valence-corrected chi connectivity index (χ1v) is 8.03. The smallest absolute Gasteiger partial charge is 0.311 e. The molecule has 1 aromatic heterocycles. The number of amides is 1. The average molecular weight is 323 g/mol. The van der Waals surface area contributed by atoms with Crippen LogP contribution in [0.5, 0.6) is 0 Å². The van der Waals surface area contributed by atoms with E-state index in [9.17, 15) is 14.7 Å². The Morgan fingerprint density at radius 3 is 2.91 bits per heavy atom. The molecule has 1 aromatic rings. The maximum atomic E-state index is 12.4. The van der Waals surface area contributed by atoms with Gasteiger partial charge >= 0.3 is 5.97 Å². The lowest BCUT2D eigenvalue weighted by atomic mass is 9.77. The number of carbonyl (C=O) groups excluding carboxylic acids is 1. The predicted molar refractivity (Wildman–Crippen MR) is 83.8 cm³/mol. The molecule has 1 fully saturated rings. The minimum atomic E-state index is -0.867. The van der Waals surface area contributed by atoms with Crippen LogP contribution in [0.4, 0.5) is 0 Å². The van der Waals surface area contributed by atoms with Gasteiger partial charge in [0, 0.05) is 52.2 Å². The maximum Gasteiger partial charge on any atom is 0.311 e. The molecule has 1 atom stereocenters. The molecule has 1 aliphatic rings. The summed E-state index contributed by atoms with van der Waals surface area (Å²) in [7, 11) is 1.57. The highest BCUT2D eigenvalue weighted by atomic mass is 16.5. The summed E-state index contributed by atoms with van der Waals surface area (Å²) >= 11 is 0. The van der Waals surface area contributed by atoms with E-state index in [0.29, 0.717) is 32.4 Å². The molecule has 23 heavy (non-hydrogen) atoms. The largest absolute Gasteiger partial charge is 0.481 e. The molecule has 128 valence electrons. The molecule has 1 unspecified atom stereocenters. The molecule has 7 heteroatoms. The molecule has 0 aromatic carbocycles. The first kappa shape index (κ1) is 17.5. The summed E-state index contributed by atoms with van der Waals surface area (Å²) < 4.78 is 6.98. The van der Waals surface area contributed by atoms with E-state index in [1.807, 2.05) is 10.8 Å². The van der Waals surface area contributed by atoms with E-state index >= 15 is 0 Å². The summed E-state index contributed by atoms with van der Waals surface area (Å²) in [6.45, 7) is 2.07. The molecule has 0 spiro atoms. The summed E-state index contributed by atoms with van der Waals surface area (Å²) in [5, 5.41) is 9.61. The number of hydrogen-bond donors (Lipinski definition) is 1. The Kier molecular flexibility index (Phi) is 6.15. The van der Waals surface area contributed by atoms with Crippen molar-refractivity contribution < 1.29 is 19.4 Å². The topological polar surface area (TPSA) is 84.7 Å². The van der Waals surface area contributed by atoms with Crippen LogP contribution < -0.4 is 0 Å². The van der Waals surface area contributed by atoms with Crippen LogP contribution in [0, 0.1) is 5.41 Å². The molecule has 1 saturated heterocycles. The van der Waals surface area contributed by atoms with Crippen molar-refractivity contribution in [3.8, 4) is 0 Å². The number of nitrogens with zero attached hydrogens (tertiary/aromatic N) is 3. The summed E-state index contributed by atoms with van der Waals surface area (Å²) in [4.78, 5) is 29.8. The molecule has 2 rings (SSSR count). The van der Waals surface area contributed by atoms with Crippen molar-refractivity contribution in [1.82, 2.24) is 14.5 Å². The second-order valence-electron chi connectivity index (χ2n) is 6.15. The van der Waals surface area contributed by atoms with Gasteiger partial charge in [0.25, 0.3) is 0 Å². The van der Waals surface area contributed by atoms with E-state index in [2.05, 4.69) is 4.98 Å². The molecule has 1 N–H and O–H groups in total. The normalized spacial score (nSPS) is 21.3. The monoisotopic (exact) mass is 323 g/mol. The number of likely N-dealkylation sites (tertiary alicyclic amines) is 1. The van der Waals surface area contributed by atoms with Crippen molar-refractivity contribution >= 4 is 11.9 Å². The summed E-state index contributed by atoms with van der Waals surface area (Å²) in [5.41, 5.74) is -0.867. The predicted octanol–water partition coefficient (Wildman–Crippen LogP) is 1.39. The number of imidazole rings is 1. The number of hydrogen-bond acceptors (Lipinski definition) is 4. The van der Waals surface area contributed by atoms with Gasteiger partial charge in [-0.2, -0.15) is 0 Å². The molecule has 0 radical (unpaired) electrons. The van der Waals surface area contributed by atoms with Gasteiger partial charge in [-0.3, -0.25) is 9.59 Å². The lowest BCUT2D eigenvalue weighted by Gasteiger charge is -2.40. The van der Waals surface area contributed by atoms with Gasteiger partial charge in [-0.1, -0.05) is 0 Å². The Hall–Kier alpha value is -1.89. The third kappa shape index (κ3) is 4.54. The number of carboxylic acids is 1. The molecule has 1 amide bonds. The number of methoxy groups -OCH3 is 1. The van der Waals surface area contributed by atoms with E-state index in [4.69, 9.17) is 4.74 Å². The highest BCUT2D eigenvalue weighted by Crippen LogP contribution is 2.34. The average Bonchev–Trinajstić information content (AvgIpc) is 3.06. The zero-order chi connectivity index (χ0) is 16.7. The SMILES string of the molecule is COCCC1(C(=O)O)CCCN(C(=O)CCCn2ccnc2)C1. The third-order valence-corrected chi connectivity index (χ3v) is 4.53. The number of aryl methyl sites for hydroxylation is 1. The van der Waals surface area contributed by atoms with Gasteiger partial charge < -0.3 is 19.3 Å². The van der Waals surface area contributed by atoms with Crippen molar-refractivity contribution in [3.05, 3.63) is 18.7 Å². The van der Waals surface area contributed by atoms with Crippen LogP contribution in [0.2, 0.25) is 0 Å². The Morgan fingerprint density at radius 2 is 2.26 bits per heavy atom. The Labute approximate surface area is 136 Å². The zero-order valence-electron chi connectivity index (χ0n) is 13.6. The minimum absolute atomic E-state index is 0.0351. The van der Waals surface area contributed by atoms with Crippen molar-refractivity contribution in [2.24, 2.45) is 5.41 Å². The van der Waals surface area contributed by atoms with Crippen LogP contribution in [-0.4, -0.2) is 58.2 Å². The number of carboxylic acid groups (broad SMARTS) is 1. The van der Waals surface area contributed by atoms with E-state index in [-0.39, 0.29) is 12.5 Å². The summed E-state index contributed by atoms with van der Waals surface area (Å²) in [6.07, 6.45) is 8.23. The van der Waals surface area contributed by atoms with Crippen LogP contribution >= 0.6 is 0 Å². The lowest BCUT2D eigenvalue weighted by molar-refractivity contribution is -0.156. The molecule has 0 bridgehead atoms. The van der Waals surface area contributed by atoms with Gasteiger partial charge in [-0.25, -0.2) is 4.98 Å². The van der Waals surface area contributed by atoms with Crippen molar-refractivity contribution in [1.29, 1.82) is 0 Å². The standard InChI is InChI=1S/C16H25N3O4/c1-23-11-6-16(15(21)22)5-3-9-19(12-16)14(20)4-2-8-18-10-7-17-13-18/h7,10,13H,2-6,8-9,11-12H2,1H3,(H,21,22). The third-order valence-electron chi connectivity index (χ3n) is 4.53. The number of ether oxygens (including phenoxy) is 1. The maximum absolute atomic E-state index is 12.4. The van der Waals surface area contributed by atoms with Gasteiger partial charge in [-0.15, -0.1) is 0 Å². The molecule has 0 saturated carbocycles. The van der Waals surface area contributed by atoms with Crippen molar-refractivity contribution in [2.75, 3.05) is 26.8 Å². The first-order chi connectivity index (χ1) is 11.1. The van der Waals surface area contributed by atoms with Crippen LogP contribution in [0.15, 0.2) is 18.7 Å². The van der Waals surface area contributed by atoms with Crippen LogP contribution in [0.3, 0.4) is 0 Å². The van der Waals surface area contributed by atoms with Gasteiger partial charge in [0.05, 0.1) is 11.7 Å². The zero-order valence-corrected chi connectivity index (χ0v) is 13.6. The second kappa shape index (κ2) is 8.10. The number of carbonyl (C=O) groups is 2. The van der Waals surface area contributed by atoms with E-state index in [1.165, 1.54) is 0 Å². The van der Waals surface area contributed by atoms with E-state index < -0.39 is 11.4 Å². The first-order valence-electron chi connectivity index (χ1n) is 8.03. The summed E-state index contributed by atoms with van der Waals surface area (Å²) in [5.74, 6) is -0.793. The van der Waals surface area contributed by atoms with Crippen molar-refractivity contribution in [2.45, 2.75) is 38.6 Å². The Morgan fingerprint density at radius 1 is 1.43 bits per heavy atom. The number of aromatic nitrogens is 2. The van der Waals surface area contributed by atoms with Gasteiger partial charge in [0.15, 0.2) is 0 Å². The number of aliphatic carboxylic acids is 1. The minimum Gasteiger partial charge on any atom is -0.481 e. The second-order valence-corrected chi connectivity index (χ2v) is 6.15. The Balaban J connectivity index is 1.88. The fourth-order valence-corrected chi connectivity index (χ4v) is 3.12. The van der Waals surface area contributed by atoms with Crippen LogP contribution in [0.25, 0.3) is 0 Å². The molecular weight excluding hydrogens is 298 g/mol. The highest BCUT2D eigenvalue weighted by molar-refractivity contribution is 5.79. The van der Waals surface area contributed by atoms with Gasteiger partial charge in [-0.05, 0) is 25.7 Å². The van der Waals surface area contributed by atoms with Crippen LogP contribution in [-0.2, 0) is 20.9 Å². The van der Waals surface area contributed by atoms with Gasteiger partial charge in [0.1, 0.15) is 0 Å². The van der Waals surface area contributed by atoms with E-state index in [1.54, 1.807) is 24.5 Å². The number of rotatable bonds is 8. The fourth-order valence-electron chi connectivity index (χ4n) is 3.12. The quantitative estimate of drug-likeness (QED) is 0.781. The fraction of sp³-hybridized carbons (Fsp3) is 0.688. The molecule has 1 aliphatic heterocycles. The van der Waals surface area contributed by atoms with Crippen LogP contribution in [0.1, 0.15) is 32.1 Å². The number of piperidine rings is 1. The summed E-state index contributed by atoms with van der Waals surface area (Å²) in [6, 6.07) is 0. The highest BCUT2D eigenvalue weighted by Gasteiger charge is 2.43. The molecular formula is C16H25N3O4. The molecule has 2 heterocycles.